The molecule has 2 amide bonds. The van der Waals surface area contributed by atoms with Crippen molar-refractivity contribution in [3.05, 3.63) is 41.2 Å². The molecule has 1 aromatic heterocycles. The summed E-state index contributed by atoms with van der Waals surface area (Å²) in [5.41, 5.74) is 5.58. The largest absolute Gasteiger partial charge is 0.369 e. The normalized spacial score (nSPS) is 18.1. The van der Waals surface area contributed by atoms with Crippen molar-refractivity contribution in [3.8, 4) is 0 Å². The molecule has 1 aromatic carbocycles. The molecule has 108 valence electrons. The number of amides is 2. The fraction of sp³-hybridized carbons (Fsp3) is 0.267. The number of carbonyl (C=O) groups excluding carboxylic acids is 2. The quantitative estimate of drug-likeness (QED) is 0.860. The SMILES string of the molecule is NC(=O)C1CCN(C(=O)c2cc3ccccc3c(Cl)n2)C1. The topological polar surface area (TPSA) is 76.3 Å². The van der Waals surface area contributed by atoms with Crippen LogP contribution in [-0.2, 0) is 4.79 Å². The number of nitrogens with zero attached hydrogens (tertiary/aromatic N) is 2. The van der Waals surface area contributed by atoms with Crippen LogP contribution in [0.3, 0.4) is 0 Å². The van der Waals surface area contributed by atoms with Crippen LogP contribution in [0.25, 0.3) is 10.8 Å². The second-order valence-corrected chi connectivity index (χ2v) is 5.52. The summed E-state index contributed by atoms with van der Waals surface area (Å²) in [6.45, 7) is 0.860. The van der Waals surface area contributed by atoms with Gasteiger partial charge < -0.3 is 10.6 Å². The molecule has 0 radical (unpaired) electrons. The van der Waals surface area contributed by atoms with Gasteiger partial charge in [-0.2, -0.15) is 0 Å². The Morgan fingerprint density at radius 1 is 1.33 bits per heavy atom. The van der Waals surface area contributed by atoms with Gasteiger partial charge in [0.1, 0.15) is 10.8 Å². The van der Waals surface area contributed by atoms with Crippen molar-refractivity contribution in [3.63, 3.8) is 0 Å². The molecule has 6 heteroatoms. The standard InChI is InChI=1S/C15H14ClN3O2/c16-13-11-4-2-1-3-9(11)7-12(18-13)15(21)19-6-5-10(8-19)14(17)20/h1-4,7,10H,5-6,8H2,(H2,17,20). The average molecular weight is 304 g/mol. The van der Waals surface area contributed by atoms with E-state index < -0.39 is 0 Å². The third-order valence-electron chi connectivity index (χ3n) is 3.79. The maximum absolute atomic E-state index is 12.5. The van der Waals surface area contributed by atoms with Crippen LogP contribution >= 0.6 is 11.6 Å². The zero-order valence-corrected chi connectivity index (χ0v) is 12.0. The van der Waals surface area contributed by atoms with Crippen LogP contribution in [0, 0.1) is 5.92 Å². The number of rotatable bonds is 2. The van der Waals surface area contributed by atoms with Gasteiger partial charge in [-0.3, -0.25) is 9.59 Å². The van der Waals surface area contributed by atoms with Crippen LogP contribution in [-0.4, -0.2) is 34.8 Å². The minimum Gasteiger partial charge on any atom is -0.369 e. The van der Waals surface area contributed by atoms with E-state index in [0.29, 0.717) is 30.4 Å². The predicted molar refractivity (Wildman–Crippen MR) is 80.0 cm³/mol. The Hall–Kier alpha value is -2.14. The number of nitrogens with two attached hydrogens (primary N) is 1. The molecule has 1 fully saturated rings. The number of halogens is 1. The van der Waals surface area contributed by atoms with E-state index in [-0.39, 0.29) is 17.7 Å². The van der Waals surface area contributed by atoms with Crippen molar-refractivity contribution in [2.45, 2.75) is 6.42 Å². The van der Waals surface area contributed by atoms with E-state index >= 15 is 0 Å². The lowest BCUT2D eigenvalue weighted by molar-refractivity contribution is -0.121. The number of likely N-dealkylation sites (tertiary alicyclic amines) is 1. The summed E-state index contributed by atoms with van der Waals surface area (Å²) in [6, 6.07) is 9.22. The molecule has 0 aliphatic carbocycles. The number of fused-ring (bicyclic) bond motifs is 1. The van der Waals surface area contributed by atoms with Gasteiger partial charge in [-0.05, 0) is 17.9 Å². The van der Waals surface area contributed by atoms with Crippen LogP contribution in [0.15, 0.2) is 30.3 Å². The summed E-state index contributed by atoms with van der Waals surface area (Å²) in [6.07, 6.45) is 0.600. The Morgan fingerprint density at radius 2 is 2.10 bits per heavy atom. The number of carbonyl (C=O) groups is 2. The van der Waals surface area contributed by atoms with Gasteiger partial charge >= 0.3 is 0 Å². The Bertz CT molecular complexity index is 732. The van der Waals surface area contributed by atoms with Gasteiger partial charge in [0.25, 0.3) is 5.91 Å². The molecule has 1 unspecified atom stereocenters. The molecule has 0 bridgehead atoms. The number of hydrogen-bond donors (Lipinski definition) is 1. The lowest BCUT2D eigenvalue weighted by Gasteiger charge is -2.16. The first-order valence-electron chi connectivity index (χ1n) is 6.70. The van der Waals surface area contributed by atoms with Gasteiger partial charge in [0.05, 0.1) is 5.92 Å². The van der Waals surface area contributed by atoms with Crippen LogP contribution in [0.5, 0.6) is 0 Å². The summed E-state index contributed by atoms with van der Waals surface area (Å²) < 4.78 is 0. The molecule has 1 saturated heterocycles. The molecule has 0 saturated carbocycles. The van der Waals surface area contributed by atoms with E-state index in [1.54, 1.807) is 11.0 Å². The summed E-state index contributed by atoms with van der Waals surface area (Å²) >= 11 is 6.14. The van der Waals surface area contributed by atoms with Crippen LogP contribution < -0.4 is 5.73 Å². The van der Waals surface area contributed by atoms with Crippen molar-refractivity contribution in [2.75, 3.05) is 13.1 Å². The first kappa shape index (κ1) is 13.8. The first-order valence-corrected chi connectivity index (χ1v) is 7.08. The lowest BCUT2D eigenvalue weighted by atomic mass is 10.1. The highest BCUT2D eigenvalue weighted by Crippen LogP contribution is 2.24. The van der Waals surface area contributed by atoms with E-state index in [1.165, 1.54) is 0 Å². The molecule has 21 heavy (non-hydrogen) atoms. The highest BCUT2D eigenvalue weighted by molar-refractivity contribution is 6.34. The molecular weight excluding hydrogens is 290 g/mol. The van der Waals surface area contributed by atoms with Crippen molar-refractivity contribution < 1.29 is 9.59 Å². The second kappa shape index (κ2) is 5.33. The van der Waals surface area contributed by atoms with Crippen LogP contribution in [0.2, 0.25) is 5.15 Å². The maximum Gasteiger partial charge on any atom is 0.272 e. The molecule has 2 N–H and O–H groups in total. The molecule has 1 aliphatic rings. The highest BCUT2D eigenvalue weighted by atomic mass is 35.5. The average Bonchev–Trinajstić information content (AvgIpc) is 2.96. The smallest absolute Gasteiger partial charge is 0.272 e. The minimum absolute atomic E-state index is 0.216. The van der Waals surface area contributed by atoms with Gasteiger partial charge in [-0.15, -0.1) is 0 Å². The summed E-state index contributed by atoms with van der Waals surface area (Å²) in [5.74, 6) is -0.855. The van der Waals surface area contributed by atoms with E-state index in [9.17, 15) is 9.59 Å². The van der Waals surface area contributed by atoms with Crippen molar-refractivity contribution >= 4 is 34.2 Å². The molecule has 0 spiro atoms. The summed E-state index contributed by atoms with van der Waals surface area (Å²) in [7, 11) is 0. The third kappa shape index (κ3) is 2.56. The van der Waals surface area contributed by atoms with Gasteiger partial charge in [-0.25, -0.2) is 4.98 Å². The Labute approximate surface area is 126 Å². The maximum atomic E-state index is 12.5. The molecular formula is C15H14ClN3O2. The molecule has 1 aliphatic heterocycles. The lowest BCUT2D eigenvalue weighted by Crippen LogP contribution is -2.32. The van der Waals surface area contributed by atoms with Crippen molar-refractivity contribution in [2.24, 2.45) is 11.7 Å². The predicted octanol–water partition coefficient (Wildman–Crippen LogP) is 1.84. The number of primary amides is 1. The van der Waals surface area contributed by atoms with E-state index in [4.69, 9.17) is 17.3 Å². The monoisotopic (exact) mass is 303 g/mol. The summed E-state index contributed by atoms with van der Waals surface area (Å²) in [5, 5.41) is 1.99. The molecule has 2 aromatic rings. The van der Waals surface area contributed by atoms with Crippen molar-refractivity contribution in [1.82, 2.24) is 9.88 Å². The van der Waals surface area contributed by atoms with E-state index in [2.05, 4.69) is 4.98 Å². The third-order valence-corrected chi connectivity index (χ3v) is 4.08. The van der Waals surface area contributed by atoms with E-state index in [0.717, 1.165) is 10.8 Å². The van der Waals surface area contributed by atoms with Gasteiger partial charge in [0, 0.05) is 18.5 Å². The Kier molecular flexibility index (Phi) is 3.51. The van der Waals surface area contributed by atoms with Crippen LogP contribution in [0.1, 0.15) is 16.9 Å². The highest BCUT2D eigenvalue weighted by Gasteiger charge is 2.30. The molecule has 3 rings (SSSR count). The van der Waals surface area contributed by atoms with E-state index in [1.807, 2.05) is 24.3 Å². The van der Waals surface area contributed by atoms with Gasteiger partial charge in [0.2, 0.25) is 5.91 Å². The van der Waals surface area contributed by atoms with Crippen LogP contribution in [0.4, 0.5) is 0 Å². The van der Waals surface area contributed by atoms with Crippen molar-refractivity contribution in [1.29, 1.82) is 0 Å². The number of aromatic nitrogens is 1. The number of pyridine rings is 1. The number of hydrogen-bond acceptors (Lipinski definition) is 3. The summed E-state index contributed by atoms with van der Waals surface area (Å²) in [4.78, 5) is 29.4. The van der Waals surface area contributed by atoms with Gasteiger partial charge in [0.15, 0.2) is 0 Å². The zero-order valence-electron chi connectivity index (χ0n) is 11.3. The zero-order chi connectivity index (χ0) is 15.0. The molecule has 5 nitrogen and oxygen atoms in total. The molecule has 1 atom stereocenters. The Balaban J connectivity index is 1.90. The second-order valence-electron chi connectivity index (χ2n) is 5.16. The fourth-order valence-electron chi connectivity index (χ4n) is 2.60. The van der Waals surface area contributed by atoms with Gasteiger partial charge in [-0.1, -0.05) is 35.9 Å². The first-order chi connectivity index (χ1) is 10.1. The fourth-order valence-corrected chi connectivity index (χ4v) is 2.87. The molecule has 2 heterocycles. The minimum atomic E-state index is -0.366. The number of benzene rings is 1. The Morgan fingerprint density at radius 3 is 2.81 bits per heavy atom.